The first kappa shape index (κ1) is 8.99. The van der Waals surface area contributed by atoms with Crippen LogP contribution in [0.4, 0.5) is 10.1 Å². The summed E-state index contributed by atoms with van der Waals surface area (Å²) in [5.74, 6) is -0.711. The summed E-state index contributed by atoms with van der Waals surface area (Å²) in [6.07, 6.45) is 0.805. The van der Waals surface area contributed by atoms with Crippen LogP contribution in [-0.4, -0.2) is 11.0 Å². The Hall–Kier alpha value is -1.58. The normalized spacial score (nSPS) is 14.9. The van der Waals surface area contributed by atoms with Crippen molar-refractivity contribution in [2.45, 2.75) is 19.8 Å². The number of nitrogens with one attached hydrogen (secondary N) is 1. The van der Waals surface area contributed by atoms with Gasteiger partial charge in [-0.3, -0.25) is 4.79 Å². The van der Waals surface area contributed by atoms with Crippen LogP contribution in [0, 0.1) is 12.7 Å². The lowest BCUT2D eigenvalue weighted by molar-refractivity contribution is -0.116. The highest BCUT2D eigenvalue weighted by Crippen LogP contribution is 2.34. The van der Waals surface area contributed by atoms with E-state index in [0.29, 0.717) is 29.7 Å². The van der Waals surface area contributed by atoms with Gasteiger partial charge in [0.05, 0.1) is 5.69 Å². The van der Waals surface area contributed by atoms with Crippen molar-refractivity contribution in [2.75, 3.05) is 5.32 Å². The lowest BCUT2D eigenvalue weighted by Crippen LogP contribution is -2.20. The Bertz CT molecular complexity index is 415. The molecule has 3 nitrogen and oxygen atoms in total. The Morgan fingerprint density at radius 3 is 2.93 bits per heavy atom. The van der Waals surface area contributed by atoms with Gasteiger partial charge >= 0.3 is 0 Å². The quantitative estimate of drug-likeness (QED) is 0.662. The number of rotatable bonds is 0. The molecule has 0 radical (unpaired) electrons. The Balaban J connectivity index is 2.63. The monoisotopic (exact) mass is 195 g/mol. The molecular weight excluding hydrogens is 185 g/mol. The second-order valence-electron chi connectivity index (χ2n) is 3.40. The number of aromatic hydroxyl groups is 1. The van der Waals surface area contributed by atoms with E-state index in [1.165, 1.54) is 0 Å². The van der Waals surface area contributed by atoms with Crippen LogP contribution in [0.25, 0.3) is 0 Å². The number of carbonyl (C=O) groups is 1. The van der Waals surface area contributed by atoms with Crippen molar-refractivity contribution < 1.29 is 14.3 Å². The Labute approximate surface area is 80.6 Å². The Morgan fingerprint density at radius 1 is 1.50 bits per heavy atom. The standard InChI is InChI=1S/C10H10FNO2/c1-5-7(11)4-8(13)6-2-3-9(14)12-10(5)6/h4,13H,2-3H2,1H3,(H,12,14). The van der Waals surface area contributed by atoms with Crippen LogP contribution in [0.1, 0.15) is 17.5 Å². The van der Waals surface area contributed by atoms with Crippen molar-refractivity contribution in [1.82, 2.24) is 0 Å². The summed E-state index contributed by atoms with van der Waals surface area (Å²) in [5.41, 5.74) is 1.44. The predicted molar refractivity (Wildman–Crippen MR) is 49.8 cm³/mol. The van der Waals surface area contributed by atoms with Crippen LogP contribution in [-0.2, 0) is 11.2 Å². The lowest BCUT2D eigenvalue weighted by atomic mass is 9.98. The lowest BCUT2D eigenvalue weighted by Gasteiger charge is -2.20. The third kappa shape index (κ3) is 1.23. The molecule has 0 aromatic heterocycles. The van der Waals surface area contributed by atoms with Gasteiger partial charge in [-0.2, -0.15) is 0 Å². The largest absolute Gasteiger partial charge is 0.507 e. The molecule has 0 spiro atoms. The molecule has 0 fully saturated rings. The molecule has 2 rings (SSSR count). The summed E-state index contributed by atoms with van der Waals surface area (Å²) in [7, 11) is 0. The Morgan fingerprint density at radius 2 is 2.21 bits per heavy atom. The molecule has 0 saturated carbocycles. The zero-order valence-corrected chi connectivity index (χ0v) is 7.72. The summed E-state index contributed by atoms with van der Waals surface area (Å²) in [5, 5.41) is 12.0. The molecule has 1 aliphatic heterocycles. The van der Waals surface area contributed by atoms with Gasteiger partial charge in [0, 0.05) is 23.6 Å². The van der Waals surface area contributed by atoms with E-state index in [0.717, 1.165) is 6.07 Å². The van der Waals surface area contributed by atoms with Gasteiger partial charge in [0.2, 0.25) is 5.91 Å². The summed E-state index contributed by atoms with van der Waals surface area (Å²) < 4.78 is 13.2. The minimum atomic E-state index is -0.497. The topological polar surface area (TPSA) is 49.3 Å². The third-order valence-corrected chi connectivity index (χ3v) is 2.47. The minimum absolute atomic E-state index is 0.0805. The van der Waals surface area contributed by atoms with Gasteiger partial charge in [0.25, 0.3) is 0 Å². The molecule has 1 heterocycles. The molecule has 1 aliphatic rings. The van der Waals surface area contributed by atoms with Crippen molar-refractivity contribution in [3.05, 3.63) is 23.0 Å². The highest BCUT2D eigenvalue weighted by Gasteiger charge is 2.21. The molecule has 0 atom stereocenters. The van der Waals surface area contributed by atoms with Crippen LogP contribution >= 0.6 is 0 Å². The predicted octanol–water partition coefficient (Wildman–Crippen LogP) is 1.72. The van der Waals surface area contributed by atoms with Gasteiger partial charge in [0.15, 0.2) is 0 Å². The van der Waals surface area contributed by atoms with Gasteiger partial charge in [-0.25, -0.2) is 4.39 Å². The molecule has 4 heteroatoms. The maximum atomic E-state index is 13.2. The summed E-state index contributed by atoms with van der Waals surface area (Å²) >= 11 is 0. The van der Waals surface area contributed by atoms with Crippen LogP contribution in [0.2, 0.25) is 0 Å². The van der Waals surface area contributed by atoms with Gasteiger partial charge < -0.3 is 10.4 Å². The fraction of sp³-hybridized carbons (Fsp3) is 0.300. The average Bonchev–Trinajstić information content (AvgIpc) is 2.14. The van der Waals surface area contributed by atoms with E-state index >= 15 is 0 Å². The highest BCUT2D eigenvalue weighted by molar-refractivity contribution is 5.95. The van der Waals surface area contributed by atoms with Crippen molar-refractivity contribution >= 4 is 11.6 Å². The van der Waals surface area contributed by atoms with E-state index in [2.05, 4.69) is 5.32 Å². The van der Waals surface area contributed by atoms with Crippen molar-refractivity contribution in [3.8, 4) is 5.75 Å². The number of amides is 1. The molecule has 14 heavy (non-hydrogen) atoms. The summed E-state index contributed by atoms with van der Waals surface area (Å²) in [4.78, 5) is 11.1. The maximum Gasteiger partial charge on any atom is 0.224 e. The van der Waals surface area contributed by atoms with Gasteiger partial charge in [-0.1, -0.05) is 0 Å². The van der Waals surface area contributed by atoms with Crippen molar-refractivity contribution in [2.24, 2.45) is 0 Å². The number of hydrogen-bond acceptors (Lipinski definition) is 2. The van der Waals surface area contributed by atoms with E-state index in [1.807, 2.05) is 0 Å². The third-order valence-electron chi connectivity index (χ3n) is 2.47. The minimum Gasteiger partial charge on any atom is -0.507 e. The fourth-order valence-electron chi connectivity index (χ4n) is 1.65. The number of hydrogen-bond donors (Lipinski definition) is 2. The van der Waals surface area contributed by atoms with E-state index in [9.17, 15) is 14.3 Å². The molecule has 0 bridgehead atoms. The number of fused-ring (bicyclic) bond motifs is 1. The number of anilines is 1. The smallest absolute Gasteiger partial charge is 0.224 e. The second kappa shape index (κ2) is 2.97. The van der Waals surface area contributed by atoms with Crippen LogP contribution in [0.3, 0.4) is 0 Å². The highest BCUT2D eigenvalue weighted by atomic mass is 19.1. The average molecular weight is 195 g/mol. The summed E-state index contributed by atoms with van der Waals surface area (Å²) in [6, 6.07) is 1.09. The van der Waals surface area contributed by atoms with E-state index in [1.54, 1.807) is 6.92 Å². The van der Waals surface area contributed by atoms with Crippen molar-refractivity contribution in [1.29, 1.82) is 0 Å². The molecule has 0 aliphatic carbocycles. The van der Waals surface area contributed by atoms with Crippen LogP contribution < -0.4 is 5.32 Å². The first-order chi connectivity index (χ1) is 6.59. The first-order valence-corrected chi connectivity index (χ1v) is 4.40. The summed E-state index contributed by atoms with van der Waals surface area (Å²) in [6.45, 7) is 1.58. The molecular formula is C10H10FNO2. The second-order valence-corrected chi connectivity index (χ2v) is 3.40. The van der Waals surface area contributed by atoms with Crippen LogP contribution in [0.15, 0.2) is 6.07 Å². The molecule has 1 amide bonds. The van der Waals surface area contributed by atoms with E-state index in [4.69, 9.17) is 0 Å². The van der Waals surface area contributed by atoms with E-state index in [-0.39, 0.29) is 11.7 Å². The molecule has 0 unspecified atom stereocenters. The van der Waals surface area contributed by atoms with Gasteiger partial charge in [-0.15, -0.1) is 0 Å². The maximum absolute atomic E-state index is 13.2. The molecule has 0 saturated heterocycles. The zero-order chi connectivity index (χ0) is 10.3. The number of phenolic OH excluding ortho intramolecular Hbond substituents is 1. The SMILES string of the molecule is Cc1c(F)cc(O)c2c1NC(=O)CC2. The zero-order valence-electron chi connectivity index (χ0n) is 7.72. The number of benzene rings is 1. The molecule has 1 aromatic carbocycles. The van der Waals surface area contributed by atoms with Crippen molar-refractivity contribution in [3.63, 3.8) is 0 Å². The molecule has 1 aromatic rings. The van der Waals surface area contributed by atoms with E-state index < -0.39 is 5.82 Å². The Kier molecular flexibility index (Phi) is 1.91. The first-order valence-electron chi connectivity index (χ1n) is 4.40. The van der Waals surface area contributed by atoms with Gasteiger partial charge in [0.1, 0.15) is 11.6 Å². The molecule has 74 valence electrons. The van der Waals surface area contributed by atoms with Gasteiger partial charge in [-0.05, 0) is 13.3 Å². The molecule has 2 N–H and O–H groups in total. The van der Waals surface area contributed by atoms with Crippen LogP contribution in [0.5, 0.6) is 5.75 Å². The number of phenols is 1. The fourth-order valence-corrected chi connectivity index (χ4v) is 1.65. The number of carbonyl (C=O) groups excluding carboxylic acids is 1. The number of halogens is 1.